The van der Waals surface area contributed by atoms with Crippen molar-refractivity contribution in [3.05, 3.63) is 35.4 Å². The molecule has 0 bridgehead atoms. The van der Waals surface area contributed by atoms with Gasteiger partial charge in [0.25, 0.3) is 5.91 Å². The van der Waals surface area contributed by atoms with Crippen molar-refractivity contribution in [2.45, 2.75) is 33.4 Å². The van der Waals surface area contributed by atoms with Crippen LogP contribution in [0.2, 0.25) is 0 Å². The van der Waals surface area contributed by atoms with Crippen molar-refractivity contribution in [2.24, 2.45) is 5.41 Å². The number of amides is 2. The predicted octanol–water partition coefficient (Wildman–Crippen LogP) is 4.04. The van der Waals surface area contributed by atoms with Gasteiger partial charge in [0.15, 0.2) is 0 Å². The Bertz CT molecular complexity index is 982. The Morgan fingerprint density at radius 1 is 1.09 bits per heavy atom. The average molecular weight is 486 g/mol. The Morgan fingerprint density at radius 2 is 1.76 bits per heavy atom. The molecule has 0 spiro atoms. The van der Waals surface area contributed by atoms with E-state index in [9.17, 15) is 22.8 Å². The van der Waals surface area contributed by atoms with Crippen molar-refractivity contribution in [1.29, 1.82) is 0 Å². The maximum Gasteiger partial charge on any atom is 0.417 e. The Labute approximate surface area is 193 Å². The molecule has 0 saturated carbocycles. The lowest BCUT2D eigenvalue weighted by Crippen LogP contribution is -2.49. The number of piperazine rings is 1. The summed E-state index contributed by atoms with van der Waals surface area (Å²) in [7, 11) is 0. The third kappa shape index (κ3) is 6.80. The van der Waals surface area contributed by atoms with E-state index in [0.717, 1.165) is 23.8 Å². The molecule has 1 N–H and O–H groups in total. The zero-order valence-electron chi connectivity index (χ0n) is 18.6. The summed E-state index contributed by atoms with van der Waals surface area (Å²) in [4.78, 5) is 27.8. The molecule has 1 fully saturated rings. The van der Waals surface area contributed by atoms with Crippen LogP contribution in [0.3, 0.4) is 0 Å². The second-order valence-electron chi connectivity index (χ2n) is 8.80. The molecule has 180 valence electrons. The Balaban J connectivity index is 1.53. The van der Waals surface area contributed by atoms with Gasteiger partial charge in [-0.05, 0) is 35.3 Å². The molecule has 12 heteroatoms. The minimum absolute atomic E-state index is 0.0849. The summed E-state index contributed by atoms with van der Waals surface area (Å²) in [5, 5.41) is 11.2. The summed E-state index contributed by atoms with van der Waals surface area (Å²) in [6.07, 6.45) is -4.42. The lowest BCUT2D eigenvalue weighted by atomic mass is 9.92. The normalized spacial score (nSPS) is 14.8. The van der Waals surface area contributed by atoms with Crippen molar-refractivity contribution in [3.8, 4) is 5.19 Å². The number of carbonyl (C=O) groups is 2. The zero-order chi connectivity index (χ0) is 24.2. The summed E-state index contributed by atoms with van der Waals surface area (Å²) in [6, 6.07) is 4.78. The zero-order valence-corrected chi connectivity index (χ0v) is 19.4. The number of anilines is 1. The molecular weight excluding hydrogens is 459 g/mol. The van der Waals surface area contributed by atoms with Crippen LogP contribution in [0, 0.1) is 5.41 Å². The van der Waals surface area contributed by atoms with Crippen molar-refractivity contribution in [3.63, 3.8) is 0 Å². The van der Waals surface area contributed by atoms with Crippen LogP contribution in [0.4, 0.5) is 23.1 Å². The maximum atomic E-state index is 13.2. The van der Waals surface area contributed by atoms with E-state index in [1.165, 1.54) is 23.1 Å². The molecule has 0 aliphatic carbocycles. The standard InChI is InChI=1S/C21H26F3N5O3S/c1-20(2,3)8-9-25-18(31)32-19-27-26-17(33-19)29-12-10-28(11-13-29)16(30)14-6-4-5-7-15(14)21(22,23)24/h4-7H,8-13H2,1-3H3,(H,25,31). The molecule has 2 aromatic rings. The predicted molar refractivity (Wildman–Crippen MR) is 118 cm³/mol. The van der Waals surface area contributed by atoms with E-state index < -0.39 is 23.7 Å². The van der Waals surface area contributed by atoms with Crippen LogP contribution in [0.25, 0.3) is 0 Å². The van der Waals surface area contributed by atoms with Crippen LogP contribution in [0.15, 0.2) is 24.3 Å². The van der Waals surface area contributed by atoms with Gasteiger partial charge in [-0.1, -0.05) is 38.0 Å². The van der Waals surface area contributed by atoms with E-state index in [0.29, 0.717) is 24.8 Å². The second kappa shape index (κ2) is 9.94. The fraction of sp³-hybridized carbons (Fsp3) is 0.524. The molecule has 0 radical (unpaired) electrons. The topological polar surface area (TPSA) is 87.7 Å². The molecule has 1 aromatic carbocycles. The van der Waals surface area contributed by atoms with Crippen LogP contribution >= 0.6 is 11.3 Å². The molecule has 1 aliphatic rings. The molecule has 8 nitrogen and oxygen atoms in total. The summed E-state index contributed by atoms with van der Waals surface area (Å²) in [5.74, 6) is -0.657. The van der Waals surface area contributed by atoms with E-state index in [4.69, 9.17) is 4.74 Å². The number of alkyl halides is 3. The lowest BCUT2D eigenvalue weighted by molar-refractivity contribution is -0.138. The van der Waals surface area contributed by atoms with Crippen LogP contribution < -0.4 is 15.0 Å². The first-order valence-corrected chi connectivity index (χ1v) is 11.3. The summed E-state index contributed by atoms with van der Waals surface area (Å²) < 4.78 is 44.9. The quantitative estimate of drug-likeness (QED) is 0.688. The van der Waals surface area contributed by atoms with Gasteiger partial charge in [-0.2, -0.15) is 13.2 Å². The lowest BCUT2D eigenvalue weighted by Gasteiger charge is -2.34. The molecule has 2 amide bonds. The van der Waals surface area contributed by atoms with Crippen LogP contribution in [0.1, 0.15) is 43.1 Å². The number of nitrogens with one attached hydrogen (secondary N) is 1. The number of rotatable bonds is 5. The highest BCUT2D eigenvalue weighted by atomic mass is 32.1. The number of hydrogen-bond donors (Lipinski definition) is 1. The molecule has 1 aliphatic heterocycles. The highest BCUT2D eigenvalue weighted by molar-refractivity contribution is 7.17. The van der Waals surface area contributed by atoms with E-state index >= 15 is 0 Å². The number of nitrogens with zero attached hydrogens (tertiary/aromatic N) is 4. The van der Waals surface area contributed by atoms with Crippen molar-refractivity contribution in [2.75, 3.05) is 37.6 Å². The van der Waals surface area contributed by atoms with Gasteiger partial charge < -0.3 is 19.9 Å². The molecule has 1 saturated heterocycles. The smallest absolute Gasteiger partial charge is 0.380 e. The number of ether oxygens (including phenoxy) is 1. The minimum atomic E-state index is -4.60. The molecule has 0 atom stereocenters. The first kappa shape index (κ1) is 24.7. The number of halogens is 3. The van der Waals surface area contributed by atoms with Gasteiger partial charge in [-0.3, -0.25) is 4.79 Å². The first-order valence-electron chi connectivity index (χ1n) is 10.4. The summed E-state index contributed by atoms with van der Waals surface area (Å²) >= 11 is 1.09. The number of aromatic nitrogens is 2. The van der Waals surface area contributed by atoms with E-state index in [2.05, 4.69) is 36.3 Å². The second-order valence-corrected chi connectivity index (χ2v) is 9.72. The maximum absolute atomic E-state index is 13.2. The molecule has 33 heavy (non-hydrogen) atoms. The number of benzene rings is 1. The van der Waals surface area contributed by atoms with Crippen molar-refractivity contribution in [1.82, 2.24) is 20.4 Å². The average Bonchev–Trinajstić information content (AvgIpc) is 3.20. The van der Waals surface area contributed by atoms with Crippen LogP contribution in [-0.4, -0.2) is 59.8 Å². The van der Waals surface area contributed by atoms with E-state index in [-0.39, 0.29) is 29.3 Å². The number of hydrogen-bond acceptors (Lipinski definition) is 7. The number of carbonyl (C=O) groups excluding carboxylic acids is 2. The van der Waals surface area contributed by atoms with Gasteiger partial charge >= 0.3 is 17.5 Å². The first-order chi connectivity index (χ1) is 15.4. The molecule has 2 heterocycles. The summed E-state index contributed by atoms with van der Waals surface area (Å²) in [5.41, 5.74) is -1.21. The minimum Gasteiger partial charge on any atom is -0.380 e. The van der Waals surface area contributed by atoms with Crippen molar-refractivity contribution >= 4 is 28.5 Å². The largest absolute Gasteiger partial charge is 0.417 e. The molecule has 1 aromatic heterocycles. The Morgan fingerprint density at radius 3 is 2.39 bits per heavy atom. The van der Waals surface area contributed by atoms with Crippen LogP contribution in [0.5, 0.6) is 5.19 Å². The Hall–Kier alpha value is -2.89. The third-order valence-electron chi connectivity index (χ3n) is 5.02. The van der Waals surface area contributed by atoms with Gasteiger partial charge in [0, 0.05) is 32.7 Å². The summed E-state index contributed by atoms with van der Waals surface area (Å²) in [6.45, 7) is 7.88. The third-order valence-corrected chi connectivity index (χ3v) is 5.88. The van der Waals surface area contributed by atoms with E-state index in [1.54, 1.807) is 0 Å². The van der Waals surface area contributed by atoms with Gasteiger partial charge in [-0.15, -0.1) is 5.10 Å². The van der Waals surface area contributed by atoms with Gasteiger partial charge in [-0.25, -0.2) is 4.79 Å². The molecule has 0 unspecified atom stereocenters. The van der Waals surface area contributed by atoms with Crippen molar-refractivity contribution < 1.29 is 27.5 Å². The van der Waals surface area contributed by atoms with Crippen LogP contribution in [-0.2, 0) is 6.18 Å². The highest BCUT2D eigenvalue weighted by Gasteiger charge is 2.36. The fourth-order valence-corrected chi connectivity index (χ4v) is 3.96. The molecule has 3 rings (SSSR count). The Kier molecular flexibility index (Phi) is 7.45. The highest BCUT2D eigenvalue weighted by Crippen LogP contribution is 2.33. The van der Waals surface area contributed by atoms with Gasteiger partial charge in [0.1, 0.15) is 0 Å². The fourth-order valence-electron chi connectivity index (χ4n) is 3.21. The van der Waals surface area contributed by atoms with Gasteiger partial charge in [0.05, 0.1) is 11.1 Å². The van der Waals surface area contributed by atoms with E-state index in [1.807, 2.05) is 4.90 Å². The molecular formula is C21H26F3N5O3S. The SMILES string of the molecule is CC(C)(C)CCNC(=O)Oc1nnc(N2CCN(C(=O)c3ccccc3C(F)(F)F)CC2)s1. The monoisotopic (exact) mass is 485 g/mol. The van der Waals surface area contributed by atoms with Gasteiger partial charge in [0.2, 0.25) is 5.13 Å².